The van der Waals surface area contributed by atoms with Crippen LogP contribution in [-0.2, 0) is 19.2 Å². The number of hydrogen-bond donors (Lipinski definition) is 1. The standard InChI is InChI=1S/C9H10ClN3O4S/c1-16-8(15)7(13-17-2)5-4-18-9(11-5)12-6(14)3-10/h4H,3H2,1-2H3,(H,11,12,14)/b13-7-. The summed E-state index contributed by atoms with van der Waals surface area (Å²) in [5.74, 6) is -1.25. The summed E-state index contributed by atoms with van der Waals surface area (Å²) >= 11 is 6.47. The van der Waals surface area contributed by atoms with Crippen molar-refractivity contribution in [2.45, 2.75) is 0 Å². The maximum absolute atomic E-state index is 11.4. The largest absolute Gasteiger partial charge is 0.464 e. The van der Waals surface area contributed by atoms with E-state index < -0.39 is 5.97 Å². The van der Waals surface area contributed by atoms with Crippen molar-refractivity contribution in [1.82, 2.24) is 4.98 Å². The van der Waals surface area contributed by atoms with Gasteiger partial charge >= 0.3 is 5.97 Å². The van der Waals surface area contributed by atoms with E-state index in [1.165, 1.54) is 14.2 Å². The summed E-state index contributed by atoms with van der Waals surface area (Å²) in [6, 6.07) is 0. The fourth-order valence-corrected chi connectivity index (χ4v) is 1.75. The molecule has 0 radical (unpaired) electrons. The second-order valence-corrected chi connectivity index (χ2v) is 3.96. The second-order valence-electron chi connectivity index (χ2n) is 2.83. The molecule has 1 amide bonds. The van der Waals surface area contributed by atoms with Gasteiger partial charge in [0.2, 0.25) is 11.6 Å². The van der Waals surface area contributed by atoms with Crippen LogP contribution in [0.25, 0.3) is 0 Å². The number of thiazole rings is 1. The van der Waals surface area contributed by atoms with Crippen molar-refractivity contribution < 1.29 is 19.2 Å². The van der Waals surface area contributed by atoms with Crippen molar-refractivity contribution in [1.29, 1.82) is 0 Å². The lowest BCUT2D eigenvalue weighted by molar-refractivity contribution is -0.132. The number of anilines is 1. The van der Waals surface area contributed by atoms with Crippen LogP contribution in [0.2, 0.25) is 0 Å². The summed E-state index contributed by atoms with van der Waals surface area (Å²) in [6.45, 7) is 0. The number of carbonyl (C=O) groups is 2. The molecule has 0 aliphatic carbocycles. The first-order valence-electron chi connectivity index (χ1n) is 4.63. The van der Waals surface area contributed by atoms with Crippen LogP contribution >= 0.6 is 22.9 Å². The summed E-state index contributed by atoms with van der Waals surface area (Å²) in [6.07, 6.45) is 0. The summed E-state index contributed by atoms with van der Waals surface area (Å²) in [5, 5.41) is 7.83. The Kier molecular flexibility index (Phi) is 5.53. The first kappa shape index (κ1) is 14.4. The molecule has 0 spiro atoms. The minimum absolute atomic E-state index is 0.0809. The summed E-state index contributed by atoms with van der Waals surface area (Å²) in [7, 11) is 2.52. The summed E-state index contributed by atoms with van der Waals surface area (Å²) < 4.78 is 4.54. The molecule has 0 saturated heterocycles. The van der Waals surface area contributed by atoms with Crippen LogP contribution in [0, 0.1) is 0 Å². The van der Waals surface area contributed by atoms with E-state index >= 15 is 0 Å². The molecule has 0 bridgehead atoms. The number of nitrogens with zero attached hydrogens (tertiary/aromatic N) is 2. The molecule has 0 unspecified atom stereocenters. The highest BCUT2D eigenvalue weighted by Crippen LogP contribution is 2.16. The highest BCUT2D eigenvalue weighted by Gasteiger charge is 2.19. The lowest BCUT2D eigenvalue weighted by atomic mass is 10.3. The molecule has 98 valence electrons. The average Bonchev–Trinajstić information content (AvgIpc) is 2.83. The number of esters is 1. The topological polar surface area (TPSA) is 89.9 Å². The predicted molar refractivity (Wildman–Crippen MR) is 67.0 cm³/mol. The number of halogens is 1. The number of rotatable bonds is 5. The number of carbonyl (C=O) groups excluding carboxylic acids is 2. The van der Waals surface area contributed by atoms with E-state index in [0.717, 1.165) is 11.3 Å². The Morgan fingerprint density at radius 3 is 2.83 bits per heavy atom. The van der Waals surface area contributed by atoms with Crippen molar-refractivity contribution in [2.75, 3.05) is 25.4 Å². The Morgan fingerprint density at radius 2 is 2.28 bits per heavy atom. The molecule has 1 N–H and O–H groups in total. The molecule has 1 rings (SSSR count). The quantitative estimate of drug-likeness (QED) is 0.376. The number of ether oxygens (including phenoxy) is 1. The molecule has 18 heavy (non-hydrogen) atoms. The molecule has 0 atom stereocenters. The number of hydrogen-bond acceptors (Lipinski definition) is 7. The van der Waals surface area contributed by atoms with E-state index in [4.69, 9.17) is 11.6 Å². The molecule has 1 aromatic heterocycles. The monoisotopic (exact) mass is 291 g/mol. The minimum atomic E-state index is -0.683. The van der Waals surface area contributed by atoms with Crippen LogP contribution in [0.1, 0.15) is 5.69 Å². The van der Waals surface area contributed by atoms with Gasteiger partial charge in [0.05, 0.1) is 7.11 Å². The molecular weight excluding hydrogens is 282 g/mol. The predicted octanol–water partition coefficient (Wildman–Crippen LogP) is 0.844. The number of nitrogens with one attached hydrogen (secondary N) is 1. The van der Waals surface area contributed by atoms with E-state index in [2.05, 4.69) is 25.0 Å². The fourth-order valence-electron chi connectivity index (χ4n) is 0.969. The molecule has 7 nitrogen and oxygen atoms in total. The van der Waals surface area contributed by atoms with Gasteiger partial charge in [0, 0.05) is 5.38 Å². The fraction of sp³-hybridized carbons (Fsp3) is 0.333. The zero-order chi connectivity index (χ0) is 13.5. The molecular formula is C9H10ClN3O4S. The third-order valence-electron chi connectivity index (χ3n) is 1.68. The smallest absolute Gasteiger partial charge is 0.362 e. The van der Waals surface area contributed by atoms with E-state index in [-0.39, 0.29) is 23.2 Å². The lowest BCUT2D eigenvalue weighted by Gasteiger charge is -2.00. The number of oxime groups is 1. The first-order valence-corrected chi connectivity index (χ1v) is 6.05. The van der Waals surface area contributed by atoms with Crippen molar-refractivity contribution in [3.8, 4) is 0 Å². The summed E-state index contributed by atoms with van der Waals surface area (Å²) in [5.41, 5.74) is 0.168. The maximum Gasteiger partial charge on any atom is 0.362 e. The zero-order valence-corrected chi connectivity index (χ0v) is 11.2. The molecule has 0 fully saturated rings. The van der Waals surface area contributed by atoms with Crippen molar-refractivity contribution in [3.05, 3.63) is 11.1 Å². The Hall–Kier alpha value is -1.67. The highest BCUT2D eigenvalue weighted by molar-refractivity contribution is 7.14. The van der Waals surface area contributed by atoms with Gasteiger partial charge < -0.3 is 14.9 Å². The molecule has 0 saturated carbocycles. The van der Waals surface area contributed by atoms with Gasteiger partial charge in [0.25, 0.3) is 0 Å². The second kappa shape index (κ2) is 6.92. The SMILES string of the molecule is CO/N=C(\C(=O)OC)c1csc(NC(=O)CCl)n1. The third kappa shape index (κ3) is 3.67. The van der Waals surface area contributed by atoms with Crippen LogP contribution in [0.15, 0.2) is 10.5 Å². The average molecular weight is 292 g/mol. The van der Waals surface area contributed by atoms with Crippen molar-refractivity contribution >= 4 is 45.7 Å². The van der Waals surface area contributed by atoms with Crippen LogP contribution in [-0.4, -0.2) is 42.7 Å². The van der Waals surface area contributed by atoms with Gasteiger partial charge in [-0.25, -0.2) is 9.78 Å². The minimum Gasteiger partial charge on any atom is -0.464 e. The molecule has 0 aromatic carbocycles. The van der Waals surface area contributed by atoms with E-state index in [1.807, 2.05) is 0 Å². The Morgan fingerprint density at radius 1 is 1.56 bits per heavy atom. The molecule has 0 aliphatic heterocycles. The number of alkyl halides is 1. The first-order chi connectivity index (χ1) is 8.62. The Labute approximate surface area is 112 Å². The van der Waals surface area contributed by atoms with Gasteiger partial charge in [-0.2, -0.15) is 0 Å². The molecule has 1 heterocycles. The van der Waals surface area contributed by atoms with Crippen molar-refractivity contribution in [3.63, 3.8) is 0 Å². The van der Waals surface area contributed by atoms with E-state index in [1.54, 1.807) is 5.38 Å². The van der Waals surface area contributed by atoms with Gasteiger partial charge in [0.15, 0.2) is 5.13 Å². The van der Waals surface area contributed by atoms with E-state index in [0.29, 0.717) is 5.13 Å². The number of aromatic nitrogens is 1. The normalized spacial score (nSPS) is 10.9. The highest BCUT2D eigenvalue weighted by atomic mass is 35.5. The van der Waals surface area contributed by atoms with Crippen LogP contribution in [0.3, 0.4) is 0 Å². The zero-order valence-electron chi connectivity index (χ0n) is 9.60. The molecule has 9 heteroatoms. The van der Waals surface area contributed by atoms with Crippen LogP contribution in [0.5, 0.6) is 0 Å². The van der Waals surface area contributed by atoms with Crippen molar-refractivity contribution in [2.24, 2.45) is 5.16 Å². The van der Waals surface area contributed by atoms with Gasteiger partial charge in [-0.3, -0.25) is 4.79 Å². The Balaban J connectivity index is 2.91. The van der Waals surface area contributed by atoms with E-state index in [9.17, 15) is 9.59 Å². The lowest BCUT2D eigenvalue weighted by Crippen LogP contribution is -2.18. The maximum atomic E-state index is 11.4. The summed E-state index contributed by atoms with van der Waals surface area (Å²) in [4.78, 5) is 31.0. The third-order valence-corrected chi connectivity index (χ3v) is 2.68. The Bertz CT molecular complexity index is 474. The van der Waals surface area contributed by atoms with Crippen LogP contribution in [0.4, 0.5) is 5.13 Å². The molecule has 1 aromatic rings. The van der Waals surface area contributed by atoms with Gasteiger partial charge in [0.1, 0.15) is 18.7 Å². The molecule has 0 aliphatic rings. The van der Waals surface area contributed by atoms with Gasteiger partial charge in [-0.1, -0.05) is 5.16 Å². The van der Waals surface area contributed by atoms with Gasteiger partial charge in [-0.05, 0) is 0 Å². The number of amides is 1. The van der Waals surface area contributed by atoms with Crippen LogP contribution < -0.4 is 5.32 Å². The number of methoxy groups -OCH3 is 1. The van der Waals surface area contributed by atoms with Gasteiger partial charge in [-0.15, -0.1) is 22.9 Å².